The lowest BCUT2D eigenvalue weighted by atomic mass is 10.1. The maximum atomic E-state index is 11.8. The van der Waals surface area contributed by atoms with Crippen molar-refractivity contribution < 1.29 is 9.53 Å². The van der Waals surface area contributed by atoms with Gasteiger partial charge in [0, 0.05) is 12.8 Å². The van der Waals surface area contributed by atoms with E-state index in [4.69, 9.17) is 4.74 Å². The van der Waals surface area contributed by atoms with Crippen LogP contribution in [-0.2, 0) is 4.74 Å². The molecule has 4 nitrogen and oxygen atoms in total. The standard InChI is InChI=1S/C11H14N2O2/c1-11(15-2)7-12-9-6-4-3-5-8(9)10(14)13-11/h3-6,12H,7H2,1-2H3,(H,13,14)/t11-/m0/s1. The first-order valence-electron chi connectivity index (χ1n) is 4.85. The summed E-state index contributed by atoms with van der Waals surface area (Å²) in [5.74, 6) is -0.111. The second-order valence-electron chi connectivity index (χ2n) is 3.79. The topological polar surface area (TPSA) is 50.4 Å². The van der Waals surface area contributed by atoms with Gasteiger partial charge >= 0.3 is 0 Å². The van der Waals surface area contributed by atoms with Crippen LogP contribution in [0.2, 0.25) is 0 Å². The van der Waals surface area contributed by atoms with Gasteiger partial charge in [0.2, 0.25) is 0 Å². The Kier molecular flexibility index (Phi) is 2.36. The van der Waals surface area contributed by atoms with Gasteiger partial charge in [-0.25, -0.2) is 0 Å². The van der Waals surface area contributed by atoms with Gasteiger partial charge < -0.3 is 15.4 Å². The number of benzene rings is 1. The molecule has 4 heteroatoms. The monoisotopic (exact) mass is 206 g/mol. The molecule has 2 rings (SSSR count). The number of nitrogens with one attached hydrogen (secondary N) is 2. The summed E-state index contributed by atoms with van der Waals surface area (Å²) in [4.78, 5) is 11.8. The van der Waals surface area contributed by atoms with E-state index < -0.39 is 5.72 Å². The molecule has 1 aromatic rings. The van der Waals surface area contributed by atoms with Crippen molar-refractivity contribution in [1.82, 2.24) is 5.32 Å². The zero-order chi connectivity index (χ0) is 10.9. The Hall–Kier alpha value is -1.55. The molecule has 1 aliphatic heterocycles. The number of carbonyl (C=O) groups excluding carboxylic acids is 1. The maximum Gasteiger partial charge on any atom is 0.255 e. The lowest BCUT2D eigenvalue weighted by Gasteiger charge is -2.27. The van der Waals surface area contributed by atoms with E-state index in [9.17, 15) is 4.79 Å². The Morgan fingerprint density at radius 3 is 2.87 bits per heavy atom. The molecule has 0 aromatic heterocycles. The number of amides is 1. The predicted molar refractivity (Wildman–Crippen MR) is 57.8 cm³/mol. The van der Waals surface area contributed by atoms with Gasteiger partial charge in [-0.15, -0.1) is 0 Å². The molecule has 0 aliphatic carbocycles. The van der Waals surface area contributed by atoms with Crippen LogP contribution in [0, 0.1) is 0 Å². The molecule has 0 spiro atoms. The van der Waals surface area contributed by atoms with Gasteiger partial charge in [0.15, 0.2) is 5.72 Å². The Balaban J connectivity index is 2.36. The van der Waals surface area contributed by atoms with Gasteiger partial charge in [0.1, 0.15) is 0 Å². The third kappa shape index (κ3) is 1.80. The lowest BCUT2D eigenvalue weighted by molar-refractivity contribution is -0.00692. The van der Waals surface area contributed by atoms with Crippen LogP contribution in [0.4, 0.5) is 5.69 Å². The minimum absolute atomic E-state index is 0.111. The average Bonchev–Trinajstić information content (AvgIpc) is 2.38. The number of hydrogen-bond donors (Lipinski definition) is 2. The van der Waals surface area contributed by atoms with Crippen LogP contribution in [0.1, 0.15) is 17.3 Å². The minimum Gasteiger partial charge on any atom is -0.380 e. The highest BCUT2D eigenvalue weighted by molar-refractivity contribution is 6.00. The summed E-state index contributed by atoms with van der Waals surface area (Å²) in [6.45, 7) is 2.38. The fourth-order valence-electron chi connectivity index (χ4n) is 1.57. The molecule has 2 N–H and O–H groups in total. The van der Waals surface area contributed by atoms with Crippen molar-refractivity contribution in [1.29, 1.82) is 0 Å². The highest BCUT2D eigenvalue weighted by Crippen LogP contribution is 2.20. The van der Waals surface area contributed by atoms with Crippen LogP contribution in [0.25, 0.3) is 0 Å². The second kappa shape index (κ2) is 3.55. The molecule has 1 aromatic carbocycles. The number of carbonyl (C=O) groups is 1. The van der Waals surface area contributed by atoms with Crippen molar-refractivity contribution in [2.24, 2.45) is 0 Å². The first kappa shape index (κ1) is 9.98. The van der Waals surface area contributed by atoms with Crippen LogP contribution in [0.15, 0.2) is 24.3 Å². The molecular weight excluding hydrogens is 192 g/mol. The molecule has 0 bridgehead atoms. The molecular formula is C11H14N2O2. The van der Waals surface area contributed by atoms with Crippen molar-refractivity contribution in [3.05, 3.63) is 29.8 Å². The molecule has 1 heterocycles. The summed E-state index contributed by atoms with van der Waals surface area (Å²) in [6, 6.07) is 7.42. The van der Waals surface area contributed by atoms with E-state index in [0.29, 0.717) is 12.1 Å². The normalized spacial score (nSPS) is 24.8. The van der Waals surface area contributed by atoms with Crippen LogP contribution in [-0.4, -0.2) is 25.3 Å². The molecule has 80 valence electrons. The number of rotatable bonds is 1. The third-order valence-electron chi connectivity index (χ3n) is 2.62. The van der Waals surface area contributed by atoms with Gasteiger partial charge in [0.25, 0.3) is 5.91 Å². The Morgan fingerprint density at radius 1 is 1.40 bits per heavy atom. The predicted octanol–water partition coefficient (Wildman–Crippen LogP) is 1.20. The van der Waals surface area contributed by atoms with E-state index >= 15 is 0 Å². The number of ether oxygens (including phenoxy) is 1. The zero-order valence-corrected chi connectivity index (χ0v) is 8.83. The maximum absolute atomic E-state index is 11.8. The molecule has 0 saturated heterocycles. The van der Waals surface area contributed by atoms with Gasteiger partial charge in [-0.05, 0) is 19.1 Å². The second-order valence-corrected chi connectivity index (χ2v) is 3.79. The number of fused-ring (bicyclic) bond motifs is 1. The van der Waals surface area contributed by atoms with Crippen molar-refractivity contribution in [3.63, 3.8) is 0 Å². The molecule has 1 atom stereocenters. The Bertz CT molecular complexity index is 392. The molecule has 1 aliphatic rings. The highest BCUT2D eigenvalue weighted by atomic mass is 16.5. The Labute approximate surface area is 88.6 Å². The number of hydrogen-bond acceptors (Lipinski definition) is 3. The lowest BCUT2D eigenvalue weighted by Crippen LogP contribution is -2.50. The SMILES string of the molecule is CO[C@@]1(C)CNc2ccccc2C(=O)N1. The summed E-state index contributed by atoms with van der Waals surface area (Å²) in [6.07, 6.45) is 0. The van der Waals surface area contributed by atoms with Crippen LogP contribution in [0.5, 0.6) is 0 Å². The van der Waals surface area contributed by atoms with E-state index in [-0.39, 0.29) is 5.91 Å². The first-order valence-corrected chi connectivity index (χ1v) is 4.85. The van der Waals surface area contributed by atoms with E-state index in [2.05, 4.69) is 10.6 Å². The number of para-hydroxylation sites is 1. The van der Waals surface area contributed by atoms with E-state index in [1.165, 1.54) is 0 Å². The van der Waals surface area contributed by atoms with E-state index in [1.54, 1.807) is 13.2 Å². The van der Waals surface area contributed by atoms with Crippen molar-refractivity contribution >= 4 is 11.6 Å². The van der Waals surface area contributed by atoms with Crippen LogP contribution < -0.4 is 10.6 Å². The summed E-state index contributed by atoms with van der Waals surface area (Å²) in [5.41, 5.74) is 0.838. The largest absolute Gasteiger partial charge is 0.380 e. The van der Waals surface area contributed by atoms with Crippen LogP contribution in [0.3, 0.4) is 0 Å². The fraction of sp³-hybridized carbons (Fsp3) is 0.364. The smallest absolute Gasteiger partial charge is 0.255 e. The van der Waals surface area contributed by atoms with Gasteiger partial charge in [-0.3, -0.25) is 4.79 Å². The third-order valence-corrected chi connectivity index (χ3v) is 2.62. The van der Waals surface area contributed by atoms with Gasteiger partial charge in [0.05, 0.1) is 12.1 Å². The van der Waals surface area contributed by atoms with Crippen molar-refractivity contribution in [3.8, 4) is 0 Å². The Morgan fingerprint density at radius 2 is 2.13 bits per heavy atom. The number of anilines is 1. The molecule has 0 saturated carbocycles. The van der Waals surface area contributed by atoms with Crippen LogP contribution >= 0.6 is 0 Å². The fourth-order valence-corrected chi connectivity index (χ4v) is 1.57. The quantitative estimate of drug-likeness (QED) is 0.726. The van der Waals surface area contributed by atoms with Crippen molar-refractivity contribution in [2.75, 3.05) is 19.0 Å². The highest BCUT2D eigenvalue weighted by Gasteiger charge is 2.30. The molecule has 1 amide bonds. The molecule has 15 heavy (non-hydrogen) atoms. The summed E-state index contributed by atoms with van der Waals surface area (Å²) in [7, 11) is 1.58. The summed E-state index contributed by atoms with van der Waals surface area (Å²) < 4.78 is 5.27. The molecule has 0 fully saturated rings. The molecule has 0 unspecified atom stereocenters. The van der Waals surface area contributed by atoms with Gasteiger partial charge in [-0.2, -0.15) is 0 Å². The minimum atomic E-state index is -0.657. The average molecular weight is 206 g/mol. The van der Waals surface area contributed by atoms with Crippen molar-refractivity contribution in [2.45, 2.75) is 12.6 Å². The molecule has 0 radical (unpaired) electrons. The number of methoxy groups -OCH3 is 1. The zero-order valence-electron chi connectivity index (χ0n) is 8.83. The summed E-state index contributed by atoms with van der Waals surface area (Å²) in [5, 5.41) is 6.03. The first-order chi connectivity index (χ1) is 7.14. The summed E-state index contributed by atoms with van der Waals surface area (Å²) >= 11 is 0. The van der Waals surface area contributed by atoms with E-state index in [1.807, 2.05) is 25.1 Å². The van der Waals surface area contributed by atoms with Gasteiger partial charge in [-0.1, -0.05) is 12.1 Å². The van der Waals surface area contributed by atoms with E-state index in [0.717, 1.165) is 5.69 Å².